The van der Waals surface area contributed by atoms with Crippen molar-refractivity contribution < 1.29 is 14.7 Å². The van der Waals surface area contributed by atoms with Crippen molar-refractivity contribution >= 4 is 17.1 Å². The van der Waals surface area contributed by atoms with E-state index in [-0.39, 0.29) is 11.4 Å². The molecule has 0 heterocycles. The first-order valence-corrected chi connectivity index (χ1v) is 4.19. The number of non-ortho nitro benzene ring substituents is 1. The molecular weight excluding hydrogens is 218 g/mol. The number of nitro groups is 2. The first-order chi connectivity index (χ1) is 7.47. The highest BCUT2D eigenvalue weighted by atomic mass is 16.6. The molecule has 16 heavy (non-hydrogen) atoms. The first-order valence-electron chi connectivity index (χ1n) is 4.19. The number of anilines is 1. The Bertz CT molecular complexity index is 446. The average molecular weight is 227 g/mol. The predicted octanol–water partition coefficient (Wildman–Crippen LogP) is 1.78. The lowest BCUT2D eigenvalue weighted by Crippen LogP contribution is -2.03. The van der Waals surface area contributed by atoms with Crippen LogP contribution in [0.5, 0.6) is 0 Å². The molecule has 0 fully saturated rings. The summed E-state index contributed by atoms with van der Waals surface area (Å²) in [5, 5.41) is 21.2. The van der Waals surface area contributed by atoms with Gasteiger partial charge < -0.3 is 0 Å². The second kappa shape index (κ2) is 4.53. The van der Waals surface area contributed by atoms with Gasteiger partial charge in [0.1, 0.15) is 5.69 Å². The van der Waals surface area contributed by atoms with Gasteiger partial charge in [-0.3, -0.25) is 30.5 Å². The molecule has 8 nitrogen and oxygen atoms in total. The molecule has 1 rings (SSSR count). The highest BCUT2D eigenvalue weighted by Gasteiger charge is 2.22. The van der Waals surface area contributed by atoms with Crippen molar-refractivity contribution in [3.8, 4) is 0 Å². The SMILES string of the molecule is CONc1c(C)cc([N+](=O)[O-])cc1[N+](=O)[O-]. The van der Waals surface area contributed by atoms with E-state index in [2.05, 4.69) is 10.3 Å². The van der Waals surface area contributed by atoms with Crippen molar-refractivity contribution in [3.63, 3.8) is 0 Å². The number of nitro benzene ring substituents is 2. The van der Waals surface area contributed by atoms with E-state index in [0.717, 1.165) is 6.07 Å². The van der Waals surface area contributed by atoms with Gasteiger partial charge >= 0.3 is 5.69 Å². The van der Waals surface area contributed by atoms with Crippen LogP contribution in [0.15, 0.2) is 12.1 Å². The predicted molar refractivity (Wildman–Crippen MR) is 55.1 cm³/mol. The number of nitrogens with zero attached hydrogens (tertiary/aromatic N) is 2. The molecule has 0 aromatic heterocycles. The van der Waals surface area contributed by atoms with E-state index in [1.165, 1.54) is 20.1 Å². The lowest BCUT2D eigenvalue weighted by atomic mass is 10.1. The lowest BCUT2D eigenvalue weighted by Gasteiger charge is -2.07. The van der Waals surface area contributed by atoms with Gasteiger partial charge in [-0.2, -0.15) is 0 Å². The summed E-state index contributed by atoms with van der Waals surface area (Å²) in [5.74, 6) is 0. The van der Waals surface area contributed by atoms with Gasteiger partial charge in [0.2, 0.25) is 0 Å². The summed E-state index contributed by atoms with van der Waals surface area (Å²) in [7, 11) is 1.30. The smallest absolute Gasteiger partial charge is 0.279 e. The third kappa shape index (κ3) is 2.23. The van der Waals surface area contributed by atoms with E-state index in [0.29, 0.717) is 5.56 Å². The molecule has 1 N–H and O–H groups in total. The van der Waals surface area contributed by atoms with Crippen LogP contribution in [-0.2, 0) is 4.84 Å². The Hall–Kier alpha value is -2.22. The maximum Gasteiger partial charge on any atom is 0.301 e. The van der Waals surface area contributed by atoms with Gasteiger partial charge in [0.15, 0.2) is 0 Å². The highest BCUT2D eigenvalue weighted by Crippen LogP contribution is 2.32. The molecule has 0 radical (unpaired) electrons. The fourth-order valence-corrected chi connectivity index (χ4v) is 1.23. The maximum atomic E-state index is 10.7. The molecule has 0 amide bonds. The molecule has 0 atom stereocenters. The maximum absolute atomic E-state index is 10.7. The molecular formula is C8H9N3O5. The summed E-state index contributed by atoms with van der Waals surface area (Å²) in [6.45, 7) is 1.52. The van der Waals surface area contributed by atoms with Crippen LogP contribution in [0.25, 0.3) is 0 Å². The van der Waals surface area contributed by atoms with Crippen LogP contribution in [0.2, 0.25) is 0 Å². The average Bonchev–Trinajstić information content (AvgIpc) is 2.20. The van der Waals surface area contributed by atoms with Crippen molar-refractivity contribution in [2.45, 2.75) is 6.92 Å². The number of rotatable bonds is 4. The molecule has 8 heteroatoms. The van der Waals surface area contributed by atoms with Gasteiger partial charge in [-0.25, -0.2) is 0 Å². The summed E-state index contributed by atoms with van der Waals surface area (Å²) in [4.78, 5) is 24.4. The van der Waals surface area contributed by atoms with E-state index in [1.54, 1.807) is 0 Å². The molecule has 0 unspecified atom stereocenters. The molecule has 1 aromatic rings. The first kappa shape index (κ1) is 11.9. The summed E-state index contributed by atoms with van der Waals surface area (Å²) < 4.78 is 0. The van der Waals surface area contributed by atoms with E-state index in [9.17, 15) is 20.2 Å². The van der Waals surface area contributed by atoms with Crippen molar-refractivity contribution in [2.24, 2.45) is 0 Å². The zero-order chi connectivity index (χ0) is 12.3. The Kier molecular flexibility index (Phi) is 3.36. The van der Waals surface area contributed by atoms with Crippen molar-refractivity contribution in [2.75, 3.05) is 12.6 Å². The van der Waals surface area contributed by atoms with Gasteiger partial charge in [-0.1, -0.05) is 0 Å². The summed E-state index contributed by atoms with van der Waals surface area (Å²) in [5.41, 5.74) is 2.08. The number of hydrogen-bond acceptors (Lipinski definition) is 6. The highest BCUT2D eigenvalue weighted by molar-refractivity contribution is 5.68. The zero-order valence-corrected chi connectivity index (χ0v) is 8.59. The molecule has 0 aliphatic rings. The second-order valence-corrected chi connectivity index (χ2v) is 2.98. The van der Waals surface area contributed by atoms with E-state index >= 15 is 0 Å². The molecule has 0 aliphatic carbocycles. The fourth-order valence-electron chi connectivity index (χ4n) is 1.23. The minimum atomic E-state index is -0.707. The largest absolute Gasteiger partial charge is 0.301 e. The fraction of sp³-hybridized carbons (Fsp3) is 0.250. The van der Waals surface area contributed by atoms with Crippen molar-refractivity contribution in [1.29, 1.82) is 0 Å². The Labute approximate surface area is 90.1 Å². The molecule has 1 aromatic carbocycles. The summed E-state index contributed by atoms with van der Waals surface area (Å²) in [6.07, 6.45) is 0. The normalized spacial score (nSPS) is 9.88. The van der Waals surface area contributed by atoms with Gasteiger partial charge in [0, 0.05) is 6.07 Å². The van der Waals surface area contributed by atoms with Crippen molar-refractivity contribution in [1.82, 2.24) is 0 Å². The van der Waals surface area contributed by atoms with Crippen LogP contribution < -0.4 is 5.48 Å². The van der Waals surface area contributed by atoms with E-state index in [1.807, 2.05) is 0 Å². The van der Waals surface area contributed by atoms with Crippen LogP contribution >= 0.6 is 0 Å². The topological polar surface area (TPSA) is 108 Å². The van der Waals surface area contributed by atoms with Gasteiger partial charge in [0.05, 0.1) is 23.0 Å². The van der Waals surface area contributed by atoms with Crippen LogP contribution in [0.3, 0.4) is 0 Å². The molecule has 0 saturated heterocycles. The summed E-state index contributed by atoms with van der Waals surface area (Å²) in [6, 6.07) is 2.11. The van der Waals surface area contributed by atoms with Gasteiger partial charge in [0.25, 0.3) is 5.69 Å². The lowest BCUT2D eigenvalue weighted by molar-refractivity contribution is -0.393. The standard InChI is InChI=1S/C8H9N3O5/c1-5-3-6(10(12)13)4-7(11(14)15)8(5)9-16-2/h3-4,9H,1-2H3. The third-order valence-corrected chi connectivity index (χ3v) is 1.91. The van der Waals surface area contributed by atoms with Crippen LogP contribution in [0.4, 0.5) is 17.1 Å². The molecule has 0 spiro atoms. The van der Waals surface area contributed by atoms with Crippen molar-refractivity contribution in [3.05, 3.63) is 37.9 Å². The number of aryl methyl sites for hydroxylation is 1. The third-order valence-electron chi connectivity index (χ3n) is 1.91. The van der Waals surface area contributed by atoms with E-state index < -0.39 is 15.5 Å². The Morgan fingerprint density at radius 1 is 1.25 bits per heavy atom. The van der Waals surface area contributed by atoms with Crippen LogP contribution in [0, 0.1) is 27.2 Å². The van der Waals surface area contributed by atoms with E-state index in [4.69, 9.17) is 0 Å². The molecule has 0 saturated carbocycles. The molecule has 0 aliphatic heterocycles. The number of hydrogen-bond donors (Lipinski definition) is 1. The Balaban J connectivity index is 3.39. The second-order valence-electron chi connectivity index (χ2n) is 2.98. The number of benzene rings is 1. The van der Waals surface area contributed by atoms with Crippen LogP contribution in [-0.4, -0.2) is 17.0 Å². The minimum Gasteiger partial charge on any atom is -0.279 e. The number of nitrogens with one attached hydrogen (secondary N) is 1. The zero-order valence-electron chi connectivity index (χ0n) is 8.59. The Morgan fingerprint density at radius 3 is 2.31 bits per heavy atom. The monoisotopic (exact) mass is 227 g/mol. The van der Waals surface area contributed by atoms with Gasteiger partial charge in [-0.15, -0.1) is 0 Å². The molecule has 0 bridgehead atoms. The quantitative estimate of drug-likeness (QED) is 0.620. The van der Waals surface area contributed by atoms with Gasteiger partial charge in [-0.05, 0) is 12.5 Å². The van der Waals surface area contributed by atoms with Crippen LogP contribution in [0.1, 0.15) is 5.56 Å². The Morgan fingerprint density at radius 2 is 1.88 bits per heavy atom. The molecule has 86 valence electrons. The minimum absolute atomic E-state index is 0.109. The summed E-state index contributed by atoms with van der Waals surface area (Å²) >= 11 is 0.